The van der Waals surface area contributed by atoms with Crippen LogP contribution in [-0.4, -0.2) is 29.8 Å². The molecule has 1 aromatic carbocycles. The Labute approximate surface area is 216 Å². The fourth-order valence-corrected chi connectivity index (χ4v) is 9.20. The molecule has 1 aromatic rings. The molecule has 2 N–H and O–H groups in total. The topological polar surface area (TPSA) is 58.6 Å². The van der Waals surface area contributed by atoms with Gasteiger partial charge in [-0.15, -0.1) is 0 Å². The van der Waals surface area contributed by atoms with Crippen LogP contribution in [0, 0.1) is 46.7 Å². The SMILES string of the molecule is CCOC[C@@]1(O)CCC2[C@H](CCC3[C@@H]2CCC2(C)[C@@H](C(=O)N[C@@H](CC)c4ccc(F)cc4)CC[C@@H]32)C1. The summed E-state index contributed by atoms with van der Waals surface area (Å²) in [5.74, 6) is 3.48. The van der Waals surface area contributed by atoms with E-state index >= 15 is 0 Å². The van der Waals surface area contributed by atoms with Crippen molar-refractivity contribution in [2.45, 2.75) is 96.6 Å². The Bertz CT molecular complexity index is 921. The van der Waals surface area contributed by atoms with Crippen molar-refractivity contribution in [3.05, 3.63) is 35.6 Å². The Morgan fingerprint density at radius 3 is 2.53 bits per heavy atom. The number of benzene rings is 1. The van der Waals surface area contributed by atoms with Crippen molar-refractivity contribution in [3.63, 3.8) is 0 Å². The zero-order valence-electron chi connectivity index (χ0n) is 22.5. The third kappa shape index (κ3) is 4.75. The van der Waals surface area contributed by atoms with Gasteiger partial charge in [-0.1, -0.05) is 26.0 Å². The number of hydrogen-bond donors (Lipinski definition) is 2. The van der Waals surface area contributed by atoms with Gasteiger partial charge in [0.1, 0.15) is 5.82 Å². The molecule has 0 radical (unpaired) electrons. The molecule has 0 aliphatic heterocycles. The number of aliphatic hydroxyl groups is 1. The van der Waals surface area contributed by atoms with Crippen LogP contribution in [0.5, 0.6) is 0 Å². The first-order valence-electron chi connectivity index (χ1n) is 14.6. The van der Waals surface area contributed by atoms with Crippen LogP contribution in [0.4, 0.5) is 4.39 Å². The van der Waals surface area contributed by atoms with Crippen molar-refractivity contribution in [2.24, 2.45) is 40.9 Å². The molecule has 4 saturated carbocycles. The minimum Gasteiger partial charge on any atom is -0.387 e. The number of carbonyl (C=O) groups excluding carboxylic acids is 1. The predicted molar refractivity (Wildman–Crippen MR) is 140 cm³/mol. The van der Waals surface area contributed by atoms with E-state index in [4.69, 9.17) is 4.74 Å². The minimum atomic E-state index is -0.635. The third-order valence-electron chi connectivity index (χ3n) is 11.0. The number of amides is 1. The van der Waals surface area contributed by atoms with Gasteiger partial charge in [0.2, 0.25) is 5.91 Å². The number of ether oxygens (including phenoxy) is 1. The van der Waals surface area contributed by atoms with Crippen LogP contribution in [-0.2, 0) is 9.53 Å². The average molecular weight is 500 g/mol. The summed E-state index contributed by atoms with van der Waals surface area (Å²) in [6.07, 6.45) is 10.7. The van der Waals surface area contributed by atoms with Crippen molar-refractivity contribution < 1.29 is 19.0 Å². The maximum atomic E-state index is 13.6. The summed E-state index contributed by atoms with van der Waals surface area (Å²) in [5, 5.41) is 14.5. The van der Waals surface area contributed by atoms with E-state index in [0.29, 0.717) is 25.0 Å². The fourth-order valence-electron chi connectivity index (χ4n) is 9.20. The Hall–Kier alpha value is -1.46. The van der Waals surface area contributed by atoms with Gasteiger partial charge >= 0.3 is 0 Å². The zero-order valence-corrected chi connectivity index (χ0v) is 22.5. The number of fused-ring (bicyclic) bond motifs is 5. The molecular formula is C31H46FNO3. The third-order valence-corrected chi connectivity index (χ3v) is 11.0. The number of halogens is 1. The van der Waals surface area contributed by atoms with Crippen molar-refractivity contribution in [2.75, 3.05) is 13.2 Å². The first-order valence-corrected chi connectivity index (χ1v) is 14.6. The summed E-state index contributed by atoms with van der Waals surface area (Å²) in [6, 6.07) is 6.50. The lowest BCUT2D eigenvalue weighted by atomic mass is 9.49. The largest absolute Gasteiger partial charge is 0.387 e. The van der Waals surface area contributed by atoms with Gasteiger partial charge in [-0.3, -0.25) is 4.79 Å². The first kappa shape index (κ1) is 26.2. The highest BCUT2D eigenvalue weighted by atomic mass is 19.1. The van der Waals surface area contributed by atoms with E-state index in [1.165, 1.54) is 31.4 Å². The summed E-state index contributed by atoms with van der Waals surface area (Å²) in [7, 11) is 0. The average Bonchev–Trinajstić information content (AvgIpc) is 3.23. The highest BCUT2D eigenvalue weighted by Gasteiger charge is 2.59. The summed E-state index contributed by atoms with van der Waals surface area (Å²) < 4.78 is 19.1. The van der Waals surface area contributed by atoms with Gasteiger partial charge in [-0.25, -0.2) is 4.39 Å². The van der Waals surface area contributed by atoms with Crippen molar-refractivity contribution in [3.8, 4) is 0 Å². The van der Waals surface area contributed by atoms with Crippen molar-refractivity contribution >= 4 is 5.91 Å². The molecule has 0 bridgehead atoms. The molecule has 0 heterocycles. The van der Waals surface area contributed by atoms with E-state index in [1.54, 1.807) is 12.1 Å². The molecule has 5 heteroatoms. The number of rotatable bonds is 7. The highest BCUT2D eigenvalue weighted by Crippen LogP contribution is 2.64. The standard InChI is InChI=1S/C31H46FNO3/c1-4-28(20-6-9-22(32)10-7-20)33-29(34)27-13-12-26-25-11-8-21-18-31(35,19-36-5-2)17-15-23(21)24(25)14-16-30(26,27)3/h6-7,9-10,21,23-28,35H,4-5,8,11-19H2,1-3H3,(H,33,34)/t21-,23?,24-,25?,26+,27-,28+,30?,31-/m1/s1. The van der Waals surface area contributed by atoms with E-state index in [9.17, 15) is 14.3 Å². The minimum absolute atomic E-state index is 0.0646. The quantitative estimate of drug-likeness (QED) is 0.455. The molecule has 9 atom stereocenters. The zero-order chi connectivity index (χ0) is 25.5. The van der Waals surface area contributed by atoms with E-state index < -0.39 is 5.60 Å². The molecule has 200 valence electrons. The lowest BCUT2D eigenvalue weighted by Crippen LogP contribution is -2.53. The smallest absolute Gasteiger partial charge is 0.224 e. The molecule has 4 nitrogen and oxygen atoms in total. The highest BCUT2D eigenvalue weighted by molar-refractivity contribution is 5.80. The van der Waals surface area contributed by atoms with Gasteiger partial charge in [0.05, 0.1) is 18.2 Å². The maximum Gasteiger partial charge on any atom is 0.224 e. The molecule has 4 aliphatic carbocycles. The second-order valence-corrected chi connectivity index (χ2v) is 12.7. The summed E-state index contributed by atoms with van der Waals surface area (Å²) in [6.45, 7) is 7.63. The van der Waals surface area contributed by atoms with Crippen LogP contribution in [0.2, 0.25) is 0 Å². The van der Waals surface area contributed by atoms with Gasteiger partial charge in [0.25, 0.3) is 0 Å². The Morgan fingerprint density at radius 2 is 1.81 bits per heavy atom. The molecule has 4 fully saturated rings. The van der Waals surface area contributed by atoms with Crippen LogP contribution in [0.25, 0.3) is 0 Å². The molecule has 5 rings (SSSR count). The lowest BCUT2D eigenvalue weighted by molar-refractivity contribution is -0.139. The van der Waals surface area contributed by atoms with Crippen molar-refractivity contribution in [1.82, 2.24) is 5.32 Å². The Kier molecular flexibility index (Phi) is 7.53. The van der Waals surface area contributed by atoms with E-state index in [-0.39, 0.29) is 29.1 Å². The van der Waals surface area contributed by atoms with E-state index in [0.717, 1.165) is 68.3 Å². The monoisotopic (exact) mass is 499 g/mol. The van der Waals surface area contributed by atoms with Gasteiger partial charge in [-0.2, -0.15) is 0 Å². The normalized spacial score (nSPS) is 40.6. The van der Waals surface area contributed by atoms with Gasteiger partial charge in [0, 0.05) is 12.5 Å². The summed E-state index contributed by atoms with van der Waals surface area (Å²) >= 11 is 0. The molecule has 3 unspecified atom stereocenters. The Balaban J connectivity index is 1.25. The van der Waals surface area contributed by atoms with E-state index in [1.807, 2.05) is 6.92 Å². The van der Waals surface area contributed by atoms with Crippen LogP contribution in [0.15, 0.2) is 24.3 Å². The lowest BCUT2D eigenvalue weighted by Gasteiger charge is -2.57. The molecule has 36 heavy (non-hydrogen) atoms. The summed E-state index contributed by atoms with van der Waals surface area (Å²) in [4.78, 5) is 13.6. The van der Waals surface area contributed by atoms with Crippen LogP contribution in [0.1, 0.15) is 96.6 Å². The molecule has 0 saturated heterocycles. The molecule has 0 spiro atoms. The number of nitrogens with one attached hydrogen (secondary N) is 1. The van der Waals surface area contributed by atoms with Gasteiger partial charge in [-0.05, 0) is 124 Å². The van der Waals surface area contributed by atoms with Gasteiger partial charge in [0.15, 0.2) is 0 Å². The molecule has 0 aromatic heterocycles. The second kappa shape index (κ2) is 10.4. The van der Waals surface area contributed by atoms with E-state index in [2.05, 4.69) is 19.2 Å². The van der Waals surface area contributed by atoms with Crippen LogP contribution >= 0.6 is 0 Å². The number of hydrogen-bond acceptors (Lipinski definition) is 3. The van der Waals surface area contributed by atoms with Crippen LogP contribution in [0.3, 0.4) is 0 Å². The Morgan fingerprint density at radius 1 is 1.06 bits per heavy atom. The van der Waals surface area contributed by atoms with Gasteiger partial charge < -0.3 is 15.2 Å². The second-order valence-electron chi connectivity index (χ2n) is 12.7. The predicted octanol–water partition coefficient (Wildman–Crippen LogP) is 6.43. The van der Waals surface area contributed by atoms with Crippen LogP contribution < -0.4 is 5.32 Å². The number of carbonyl (C=O) groups is 1. The summed E-state index contributed by atoms with van der Waals surface area (Å²) in [5.41, 5.74) is 0.420. The first-order chi connectivity index (χ1) is 17.3. The molecular weight excluding hydrogens is 453 g/mol. The molecule has 4 aliphatic rings. The maximum absolute atomic E-state index is 13.6. The van der Waals surface area contributed by atoms with Crippen molar-refractivity contribution in [1.29, 1.82) is 0 Å². The fraction of sp³-hybridized carbons (Fsp3) is 0.774. The molecule has 1 amide bonds.